The van der Waals surface area contributed by atoms with Crippen LogP contribution in [0.1, 0.15) is 41.8 Å². The number of hydrogen-bond acceptors (Lipinski definition) is 5. The molecule has 1 saturated carbocycles. The van der Waals surface area contributed by atoms with Crippen molar-refractivity contribution < 1.29 is 19.4 Å². The van der Waals surface area contributed by atoms with Crippen LogP contribution in [-0.2, 0) is 11.3 Å². The fourth-order valence-corrected chi connectivity index (χ4v) is 2.51. The van der Waals surface area contributed by atoms with Crippen LogP contribution in [0, 0.1) is 0 Å². The maximum absolute atomic E-state index is 12.1. The lowest BCUT2D eigenvalue weighted by Crippen LogP contribution is -2.32. The molecule has 0 spiro atoms. The minimum Gasteiger partial charge on any atom is -0.462 e. The molecule has 26 heavy (non-hydrogen) atoms. The molecule has 1 aliphatic carbocycles. The standard InChI is InChI=1S/C18H22N4O4/c1-2-26-17(24)14-10-19-22(11-15(23)12-6-4-3-5-7-12)16(14)21-18(25)20-13-8-9-13/h3-7,10,13,15,23H,2,8-9,11H2,1H3,(H2,20,21,25). The first-order valence-electron chi connectivity index (χ1n) is 8.62. The maximum atomic E-state index is 12.1. The molecule has 8 heteroatoms. The van der Waals surface area contributed by atoms with Gasteiger partial charge < -0.3 is 15.2 Å². The molecule has 138 valence electrons. The summed E-state index contributed by atoms with van der Waals surface area (Å²) >= 11 is 0. The van der Waals surface area contributed by atoms with Gasteiger partial charge in [-0.25, -0.2) is 14.3 Å². The van der Waals surface area contributed by atoms with Gasteiger partial charge in [-0.3, -0.25) is 5.32 Å². The molecule has 3 N–H and O–H groups in total. The monoisotopic (exact) mass is 358 g/mol. The third kappa shape index (κ3) is 4.40. The van der Waals surface area contributed by atoms with Crippen molar-refractivity contribution in [2.45, 2.75) is 38.5 Å². The van der Waals surface area contributed by atoms with Crippen LogP contribution in [-0.4, -0.2) is 39.5 Å². The van der Waals surface area contributed by atoms with Gasteiger partial charge in [-0.05, 0) is 25.3 Å². The van der Waals surface area contributed by atoms with Gasteiger partial charge in [0.2, 0.25) is 0 Å². The number of esters is 1. The highest BCUT2D eigenvalue weighted by Crippen LogP contribution is 2.22. The molecule has 1 heterocycles. The average Bonchev–Trinajstić information content (AvgIpc) is 3.36. The number of aliphatic hydroxyl groups is 1. The van der Waals surface area contributed by atoms with E-state index in [0.717, 1.165) is 12.8 Å². The molecule has 2 aromatic rings. The van der Waals surface area contributed by atoms with Gasteiger partial charge in [0.1, 0.15) is 11.4 Å². The zero-order valence-electron chi connectivity index (χ0n) is 14.5. The van der Waals surface area contributed by atoms with Gasteiger partial charge in [0.25, 0.3) is 0 Å². The molecule has 1 atom stereocenters. The molecule has 1 aromatic heterocycles. The lowest BCUT2D eigenvalue weighted by Gasteiger charge is -2.15. The minimum atomic E-state index is -0.835. The van der Waals surface area contributed by atoms with Gasteiger partial charge in [0, 0.05) is 6.04 Å². The van der Waals surface area contributed by atoms with E-state index in [1.165, 1.54) is 10.9 Å². The second-order valence-electron chi connectivity index (χ2n) is 6.11. The Morgan fingerprint density at radius 3 is 2.73 bits per heavy atom. The summed E-state index contributed by atoms with van der Waals surface area (Å²) in [7, 11) is 0. The van der Waals surface area contributed by atoms with Crippen molar-refractivity contribution in [3.63, 3.8) is 0 Å². The minimum absolute atomic E-state index is 0.0858. The zero-order chi connectivity index (χ0) is 18.5. The molecule has 3 rings (SSSR count). The third-order valence-electron chi connectivity index (χ3n) is 4.01. The van der Waals surface area contributed by atoms with Gasteiger partial charge in [-0.15, -0.1) is 0 Å². The maximum Gasteiger partial charge on any atom is 0.343 e. The van der Waals surface area contributed by atoms with Crippen LogP contribution in [0.3, 0.4) is 0 Å². The number of ether oxygens (including phenoxy) is 1. The van der Waals surface area contributed by atoms with Crippen LogP contribution in [0.15, 0.2) is 36.5 Å². The van der Waals surface area contributed by atoms with E-state index in [1.807, 2.05) is 18.2 Å². The number of carbonyl (C=O) groups excluding carboxylic acids is 2. The average molecular weight is 358 g/mol. The van der Waals surface area contributed by atoms with Crippen molar-refractivity contribution in [3.8, 4) is 0 Å². The highest BCUT2D eigenvalue weighted by atomic mass is 16.5. The van der Waals surface area contributed by atoms with E-state index in [-0.39, 0.29) is 30.6 Å². The van der Waals surface area contributed by atoms with Crippen LogP contribution in [0.2, 0.25) is 0 Å². The Bertz CT molecular complexity index is 771. The number of nitrogens with one attached hydrogen (secondary N) is 2. The number of rotatable bonds is 7. The molecular weight excluding hydrogens is 336 g/mol. The molecule has 1 unspecified atom stereocenters. The molecule has 0 bridgehead atoms. The molecule has 8 nitrogen and oxygen atoms in total. The number of amides is 2. The Hall–Kier alpha value is -2.87. The lowest BCUT2D eigenvalue weighted by molar-refractivity contribution is 0.0527. The molecule has 2 amide bonds. The summed E-state index contributed by atoms with van der Waals surface area (Å²) in [5, 5.41) is 20.0. The summed E-state index contributed by atoms with van der Waals surface area (Å²) in [6.07, 6.45) is 2.40. The first-order chi connectivity index (χ1) is 12.6. The number of carbonyl (C=O) groups is 2. The summed E-state index contributed by atoms with van der Waals surface area (Å²) < 4.78 is 6.42. The largest absolute Gasteiger partial charge is 0.462 e. The number of urea groups is 1. The van der Waals surface area contributed by atoms with Gasteiger partial charge in [-0.2, -0.15) is 5.10 Å². The van der Waals surface area contributed by atoms with Crippen molar-refractivity contribution in [2.24, 2.45) is 0 Å². The predicted molar refractivity (Wildman–Crippen MR) is 94.8 cm³/mol. The van der Waals surface area contributed by atoms with Gasteiger partial charge in [0.05, 0.1) is 25.5 Å². The molecule has 1 aromatic carbocycles. The van der Waals surface area contributed by atoms with Crippen molar-refractivity contribution in [1.29, 1.82) is 0 Å². The number of aliphatic hydroxyl groups excluding tert-OH is 1. The number of aromatic nitrogens is 2. The van der Waals surface area contributed by atoms with Crippen LogP contribution < -0.4 is 10.6 Å². The van der Waals surface area contributed by atoms with E-state index in [0.29, 0.717) is 5.56 Å². The Morgan fingerprint density at radius 2 is 2.08 bits per heavy atom. The van der Waals surface area contributed by atoms with E-state index in [1.54, 1.807) is 19.1 Å². The summed E-state index contributed by atoms with van der Waals surface area (Å²) in [6, 6.07) is 8.88. The predicted octanol–water partition coefficient (Wildman–Crippen LogP) is 2.08. The number of anilines is 1. The topological polar surface area (TPSA) is 105 Å². The zero-order valence-corrected chi connectivity index (χ0v) is 14.5. The second-order valence-corrected chi connectivity index (χ2v) is 6.11. The second kappa shape index (κ2) is 8.01. The van der Waals surface area contributed by atoms with Crippen LogP contribution >= 0.6 is 0 Å². The Labute approximate surface area is 151 Å². The molecule has 0 radical (unpaired) electrons. The first-order valence-corrected chi connectivity index (χ1v) is 8.62. The van der Waals surface area contributed by atoms with Crippen molar-refractivity contribution >= 4 is 17.8 Å². The van der Waals surface area contributed by atoms with Gasteiger partial charge >= 0.3 is 12.0 Å². The van der Waals surface area contributed by atoms with Gasteiger partial charge in [-0.1, -0.05) is 30.3 Å². The number of hydrogen-bond donors (Lipinski definition) is 3. The quantitative estimate of drug-likeness (QED) is 0.657. The van der Waals surface area contributed by atoms with Crippen molar-refractivity contribution in [3.05, 3.63) is 47.7 Å². The van der Waals surface area contributed by atoms with Crippen molar-refractivity contribution in [1.82, 2.24) is 15.1 Å². The number of nitrogens with zero attached hydrogens (tertiary/aromatic N) is 2. The SMILES string of the molecule is CCOC(=O)c1cnn(CC(O)c2ccccc2)c1NC(=O)NC1CC1. The summed E-state index contributed by atoms with van der Waals surface area (Å²) in [5.74, 6) is -0.369. The van der Waals surface area contributed by atoms with Crippen LogP contribution in [0.5, 0.6) is 0 Å². The highest BCUT2D eigenvalue weighted by molar-refractivity contribution is 5.99. The summed E-state index contributed by atoms with van der Waals surface area (Å²) in [4.78, 5) is 24.3. The van der Waals surface area contributed by atoms with Crippen LogP contribution in [0.4, 0.5) is 10.6 Å². The normalized spacial score (nSPS) is 14.5. The smallest absolute Gasteiger partial charge is 0.343 e. The Morgan fingerprint density at radius 1 is 1.35 bits per heavy atom. The summed E-state index contributed by atoms with van der Waals surface area (Å²) in [5.41, 5.74) is 0.868. The molecule has 0 aliphatic heterocycles. The van der Waals surface area contributed by atoms with E-state index in [2.05, 4.69) is 15.7 Å². The van der Waals surface area contributed by atoms with E-state index in [4.69, 9.17) is 4.74 Å². The lowest BCUT2D eigenvalue weighted by atomic mass is 10.1. The highest BCUT2D eigenvalue weighted by Gasteiger charge is 2.26. The fourth-order valence-electron chi connectivity index (χ4n) is 2.51. The van der Waals surface area contributed by atoms with Crippen molar-refractivity contribution in [2.75, 3.05) is 11.9 Å². The third-order valence-corrected chi connectivity index (χ3v) is 4.01. The van der Waals surface area contributed by atoms with E-state index >= 15 is 0 Å². The number of benzene rings is 1. The van der Waals surface area contributed by atoms with Crippen LogP contribution in [0.25, 0.3) is 0 Å². The Balaban J connectivity index is 1.80. The summed E-state index contributed by atoms with van der Waals surface area (Å²) in [6.45, 7) is 2.00. The van der Waals surface area contributed by atoms with E-state index in [9.17, 15) is 14.7 Å². The van der Waals surface area contributed by atoms with Gasteiger partial charge in [0.15, 0.2) is 0 Å². The van der Waals surface area contributed by atoms with E-state index < -0.39 is 18.1 Å². The Kier molecular flexibility index (Phi) is 5.52. The first kappa shape index (κ1) is 17.9. The molecule has 1 aliphatic rings. The molecular formula is C18H22N4O4. The molecule has 1 fully saturated rings. The fraction of sp³-hybridized carbons (Fsp3) is 0.389. The molecule has 0 saturated heterocycles.